The summed E-state index contributed by atoms with van der Waals surface area (Å²) in [6.45, 7) is 9.81. The van der Waals surface area contributed by atoms with Crippen molar-refractivity contribution in [3.8, 4) is 0 Å². The van der Waals surface area contributed by atoms with Gasteiger partial charge in [0.1, 0.15) is 0 Å². The van der Waals surface area contributed by atoms with Crippen molar-refractivity contribution in [1.82, 2.24) is 4.90 Å². The van der Waals surface area contributed by atoms with Gasteiger partial charge in [0, 0.05) is 18.3 Å². The van der Waals surface area contributed by atoms with Gasteiger partial charge in [0.25, 0.3) is 0 Å². The van der Waals surface area contributed by atoms with E-state index in [2.05, 4.69) is 50.0 Å². The van der Waals surface area contributed by atoms with E-state index in [9.17, 15) is 4.79 Å². The molecule has 0 saturated carbocycles. The van der Waals surface area contributed by atoms with Gasteiger partial charge in [-0.3, -0.25) is 4.79 Å². The number of amides is 1. The van der Waals surface area contributed by atoms with E-state index in [0.717, 1.165) is 31.5 Å². The minimum atomic E-state index is 0.237. The number of piperidine rings is 1. The Morgan fingerprint density at radius 3 is 2.52 bits per heavy atom. The molecular weight excluding hydrogens is 260 g/mol. The van der Waals surface area contributed by atoms with Crippen LogP contribution in [-0.2, 0) is 4.79 Å². The number of nitrogens with one attached hydrogen (secondary N) is 1. The lowest BCUT2D eigenvalue weighted by Gasteiger charge is -2.35. The number of anilines is 1. The number of aryl methyl sites for hydroxylation is 3. The van der Waals surface area contributed by atoms with Crippen LogP contribution in [0.15, 0.2) is 12.1 Å². The number of hydrogen-bond acceptors (Lipinski definition) is 2. The lowest BCUT2D eigenvalue weighted by Crippen LogP contribution is -2.45. The molecule has 1 heterocycles. The van der Waals surface area contributed by atoms with Crippen LogP contribution in [0.2, 0.25) is 0 Å². The van der Waals surface area contributed by atoms with Gasteiger partial charge in [-0.05, 0) is 57.6 Å². The van der Waals surface area contributed by atoms with Gasteiger partial charge in [-0.15, -0.1) is 0 Å². The molecule has 1 amide bonds. The van der Waals surface area contributed by atoms with Crippen molar-refractivity contribution in [3.05, 3.63) is 28.8 Å². The van der Waals surface area contributed by atoms with Crippen molar-refractivity contribution < 1.29 is 4.79 Å². The smallest absolute Gasteiger partial charge is 0.242 e. The van der Waals surface area contributed by atoms with E-state index >= 15 is 0 Å². The molecule has 1 N–H and O–H groups in total. The molecule has 116 valence electrons. The lowest BCUT2D eigenvalue weighted by molar-refractivity contribution is -0.133. The predicted molar refractivity (Wildman–Crippen MR) is 88.8 cm³/mol. The highest BCUT2D eigenvalue weighted by atomic mass is 16.2. The van der Waals surface area contributed by atoms with Crippen LogP contribution in [0.4, 0.5) is 5.69 Å². The van der Waals surface area contributed by atoms with Crippen molar-refractivity contribution in [2.75, 3.05) is 18.4 Å². The lowest BCUT2D eigenvalue weighted by atomic mass is 10.00. The van der Waals surface area contributed by atoms with E-state index in [-0.39, 0.29) is 5.91 Å². The molecule has 1 aliphatic heterocycles. The average Bonchev–Trinajstić information content (AvgIpc) is 2.45. The number of rotatable bonds is 4. The molecule has 3 heteroatoms. The predicted octanol–water partition coefficient (Wildman–Crippen LogP) is 3.81. The second kappa shape index (κ2) is 6.97. The number of likely N-dealkylation sites (tertiary alicyclic amines) is 1. The fourth-order valence-corrected chi connectivity index (χ4v) is 3.48. The van der Waals surface area contributed by atoms with Crippen LogP contribution in [0.3, 0.4) is 0 Å². The van der Waals surface area contributed by atoms with Crippen molar-refractivity contribution in [1.29, 1.82) is 0 Å². The largest absolute Gasteiger partial charge is 0.376 e. The minimum absolute atomic E-state index is 0.237. The fraction of sp³-hybridized carbons (Fsp3) is 0.611. The fourth-order valence-electron chi connectivity index (χ4n) is 3.48. The first-order valence-electron chi connectivity index (χ1n) is 8.14. The van der Waals surface area contributed by atoms with E-state index in [0.29, 0.717) is 12.6 Å². The summed E-state index contributed by atoms with van der Waals surface area (Å²) in [5.74, 6) is 0.237. The standard InChI is InChI=1S/C18H28N2O/c1-5-16-8-6-7-9-20(16)17(21)12-19-18-14(3)10-13(2)11-15(18)4/h10-11,16,19H,5-9,12H2,1-4H3. The Labute approximate surface area is 128 Å². The summed E-state index contributed by atoms with van der Waals surface area (Å²) in [4.78, 5) is 14.6. The van der Waals surface area contributed by atoms with Crippen molar-refractivity contribution in [3.63, 3.8) is 0 Å². The Hall–Kier alpha value is -1.51. The van der Waals surface area contributed by atoms with Gasteiger partial charge >= 0.3 is 0 Å². The molecule has 1 unspecified atom stereocenters. The maximum absolute atomic E-state index is 12.5. The minimum Gasteiger partial charge on any atom is -0.376 e. The molecule has 1 aromatic rings. The zero-order valence-corrected chi connectivity index (χ0v) is 13.8. The summed E-state index contributed by atoms with van der Waals surface area (Å²) in [5.41, 5.74) is 4.81. The Morgan fingerprint density at radius 1 is 1.24 bits per heavy atom. The van der Waals surface area contributed by atoms with E-state index < -0.39 is 0 Å². The molecular formula is C18H28N2O. The molecule has 0 bridgehead atoms. The molecule has 1 fully saturated rings. The molecule has 0 aliphatic carbocycles. The molecule has 2 rings (SSSR count). The van der Waals surface area contributed by atoms with Crippen LogP contribution in [0.1, 0.15) is 49.3 Å². The van der Waals surface area contributed by atoms with E-state index in [1.807, 2.05) is 0 Å². The molecule has 0 aromatic heterocycles. The van der Waals surface area contributed by atoms with Crippen LogP contribution in [-0.4, -0.2) is 29.9 Å². The summed E-state index contributed by atoms with van der Waals surface area (Å²) in [6, 6.07) is 4.76. The van der Waals surface area contributed by atoms with Crippen LogP contribution in [0.25, 0.3) is 0 Å². The monoisotopic (exact) mass is 288 g/mol. The van der Waals surface area contributed by atoms with Crippen molar-refractivity contribution in [2.24, 2.45) is 0 Å². The summed E-state index contributed by atoms with van der Waals surface area (Å²) >= 11 is 0. The Bertz CT molecular complexity index is 487. The van der Waals surface area contributed by atoms with Gasteiger partial charge < -0.3 is 10.2 Å². The van der Waals surface area contributed by atoms with E-state index in [4.69, 9.17) is 0 Å². The number of carbonyl (C=O) groups is 1. The molecule has 21 heavy (non-hydrogen) atoms. The number of benzene rings is 1. The summed E-state index contributed by atoms with van der Waals surface area (Å²) in [5, 5.41) is 3.36. The maximum atomic E-state index is 12.5. The van der Waals surface area contributed by atoms with Gasteiger partial charge in [-0.25, -0.2) is 0 Å². The first-order valence-corrected chi connectivity index (χ1v) is 8.14. The topological polar surface area (TPSA) is 32.3 Å². The molecule has 1 saturated heterocycles. The number of carbonyl (C=O) groups excluding carboxylic acids is 1. The molecule has 3 nitrogen and oxygen atoms in total. The normalized spacial score (nSPS) is 18.7. The molecule has 1 aromatic carbocycles. The molecule has 1 aliphatic rings. The number of hydrogen-bond donors (Lipinski definition) is 1. The highest BCUT2D eigenvalue weighted by Gasteiger charge is 2.24. The van der Waals surface area contributed by atoms with Crippen LogP contribution < -0.4 is 5.32 Å². The number of nitrogens with zero attached hydrogens (tertiary/aromatic N) is 1. The Kier molecular flexibility index (Phi) is 5.27. The van der Waals surface area contributed by atoms with Gasteiger partial charge in [-0.2, -0.15) is 0 Å². The quantitative estimate of drug-likeness (QED) is 0.913. The van der Waals surface area contributed by atoms with Crippen molar-refractivity contribution in [2.45, 2.75) is 59.4 Å². The Morgan fingerprint density at radius 2 is 1.90 bits per heavy atom. The summed E-state index contributed by atoms with van der Waals surface area (Å²) in [6.07, 6.45) is 4.62. The summed E-state index contributed by atoms with van der Waals surface area (Å²) < 4.78 is 0. The zero-order chi connectivity index (χ0) is 15.4. The second-order valence-corrected chi connectivity index (χ2v) is 6.27. The van der Waals surface area contributed by atoms with Gasteiger partial charge in [-0.1, -0.05) is 24.6 Å². The third kappa shape index (κ3) is 3.78. The van der Waals surface area contributed by atoms with E-state index in [1.165, 1.54) is 23.1 Å². The molecule has 0 spiro atoms. The highest BCUT2D eigenvalue weighted by molar-refractivity contribution is 5.82. The average molecular weight is 288 g/mol. The van der Waals surface area contributed by atoms with Gasteiger partial charge in [0.05, 0.1) is 6.54 Å². The summed E-state index contributed by atoms with van der Waals surface area (Å²) in [7, 11) is 0. The van der Waals surface area contributed by atoms with Crippen molar-refractivity contribution >= 4 is 11.6 Å². The van der Waals surface area contributed by atoms with E-state index in [1.54, 1.807) is 0 Å². The van der Waals surface area contributed by atoms with Crippen LogP contribution >= 0.6 is 0 Å². The van der Waals surface area contributed by atoms with Gasteiger partial charge in [0.2, 0.25) is 5.91 Å². The molecule has 1 atom stereocenters. The Balaban J connectivity index is 2.01. The third-order valence-corrected chi connectivity index (χ3v) is 4.51. The van der Waals surface area contributed by atoms with Crippen LogP contribution in [0.5, 0.6) is 0 Å². The highest BCUT2D eigenvalue weighted by Crippen LogP contribution is 2.23. The maximum Gasteiger partial charge on any atom is 0.242 e. The van der Waals surface area contributed by atoms with Gasteiger partial charge in [0.15, 0.2) is 0 Å². The third-order valence-electron chi connectivity index (χ3n) is 4.51. The first kappa shape index (κ1) is 15.9. The molecule has 0 radical (unpaired) electrons. The SMILES string of the molecule is CCC1CCCCN1C(=O)CNc1c(C)cc(C)cc1C. The second-order valence-electron chi connectivity index (χ2n) is 6.27. The zero-order valence-electron chi connectivity index (χ0n) is 13.8. The van der Waals surface area contributed by atoms with Crippen LogP contribution in [0, 0.1) is 20.8 Å². The first-order chi connectivity index (χ1) is 10.0.